The first kappa shape index (κ1) is 14.4. The van der Waals surface area contributed by atoms with Gasteiger partial charge in [0.05, 0.1) is 30.9 Å². The minimum Gasteiger partial charge on any atom is -0.497 e. The summed E-state index contributed by atoms with van der Waals surface area (Å²) in [5.74, 6) is 1.39. The zero-order valence-corrected chi connectivity index (χ0v) is 12.4. The third-order valence-electron chi connectivity index (χ3n) is 3.63. The number of methoxy groups -OCH3 is 1. The smallest absolute Gasteiger partial charge is 0.142 e. The maximum atomic E-state index is 6.43. The molecule has 2 aromatic carbocycles. The van der Waals surface area contributed by atoms with Gasteiger partial charge in [-0.2, -0.15) is 0 Å². The molecule has 0 aliphatic heterocycles. The summed E-state index contributed by atoms with van der Waals surface area (Å²) in [6.45, 7) is 0.285. The quantitative estimate of drug-likeness (QED) is 0.770. The number of benzene rings is 2. The van der Waals surface area contributed by atoms with Crippen LogP contribution in [0.1, 0.15) is 23.1 Å². The van der Waals surface area contributed by atoms with Crippen LogP contribution in [0.4, 0.5) is 0 Å². The van der Waals surface area contributed by atoms with Gasteiger partial charge in [-0.1, -0.05) is 30.3 Å². The van der Waals surface area contributed by atoms with Crippen LogP contribution in [0.25, 0.3) is 10.9 Å². The molecule has 0 fully saturated rings. The Bertz CT molecular complexity index is 786. The summed E-state index contributed by atoms with van der Waals surface area (Å²) in [4.78, 5) is 8.99. The monoisotopic (exact) mass is 294 g/mol. The van der Waals surface area contributed by atoms with Gasteiger partial charge < -0.3 is 16.2 Å². The van der Waals surface area contributed by atoms with E-state index >= 15 is 0 Å². The summed E-state index contributed by atoms with van der Waals surface area (Å²) in [5.41, 5.74) is 14.7. The van der Waals surface area contributed by atoms with Gasteiger partial charge in [0, 0.05) is 5.39 Å². The lowest BCUT2D eigenvalue weighted by molar-refractivity contribution is 0.414. The summed E-state index contributed by atoms with van der Waals surface area (Å²) in [6, 6.07) is 15.2. The Labute approximate surface area is 128 Å². The molecule has 0 aliphatic carbocycles. The molecule has 5 heteroatoms. The van der Waals surface area contributed by atoms with Gasteiger partial charge in [0.25, 0.3) is 0 Å². The standard InChI is InChI=1S/C17H18N4O/c1-22-12-8-6-11(7-9-12)16(19)17-13-4-2-3-5-14(13)20-15(10-18)21-17/h2-9,16H,10,18-19H2,1H3. The summed E-state index contributed by atoms with van der Waals surface area (Å²) < 4.78 is 5.18. The SMILES string of the molecule is COc1ccc(C(N)c2nc(CN)nc3ccccc23)cc1. The minimum absolute atomic E-state index is 0.285. The van der Waals surface area contributed by atoms with Crippen molar-refractivity contribution in [2.24, 2.45) is 11.5 Å². The normalized spacial score (nSPS) is 12.3. The van der Waals surface area contributed by atoms with Crippen LogP contribution in [0.2, 0.25) is 0 Å². The number of ether oxygens (including phenoxy) is 1. The molecule has 1 heterocycles. The van der Waals surface area contributed by atoms with E-state index in [-0.39, 0.29) is 12.6 Å². The highest BCUT2D eigenvalue weighted by atomic mass is 16.5. The van der Waals surface area contributed by atoms with Crippen molar-refractivity contribution in [2.75, 3.05) is 7.11 Å². The van der Waals surface area contributed by atoms with E-state index in [2.05, 4.69) is 9.97 Å². The lowest BCUT2D eigenvalue weighted by Gasteiger charge is -2.15. The first-order valence-electron chi connectivity index (χ1n) is 7.08. The fourth-order valence-electron chi connectivity index (χ4n) is 2.45. The Morgan fingerprint density at radius 1 is 1.05 bits per heavy atom. The Hall–Kier alpha value is -2.50. The van der Waals surface area contributed by atoms with Crippen molar-refractivity contribution in [3.05, 3.63) is 65.6 Å². The molecular formula is C17H18N4O. The molecule has 1 aromatic heterocycles. The van der Waals surface area contributed by atoms with E-state index in [1.165, 1.54) is 0 Å². The molecule has 3 rings (SSSR count). The molecule has 22 heavy (non-hydrogen) atoms. The molecule has 0 radical (unpaired) electrons. The second kappa shape index (κ2) is 6.09. The van der Waals surface area contributed by atoms with Crippen LogP contribution in [-0.2, 0) is 6.54 Å². The molecule has 3 aromatic rings. The van der Waals surface area contributed by atoms with Crippen LogP contribution in [0.5, 0.6) is 5.75 Å². The topological polar surface area (TPSA) is 87.0 Å². The molecular weight excluding hydrogens is 276 g/mol. The highest BCUT2D eigenvalue weighted by Gasteiger charge is 2.16. The van der Waals surface area contributed by atoms with Crippen molar-refractivity contribution < 1.29 is 4.74 Å². The average Bonchev–Trinajstić information content (AvgIpc) is 2.60. The molecule has 0 spiro atoms. The van der Waals surface area contributed by atoms with Crippen molar-refractivity contribution in [3.63, 3.8) is 0 Å². The summed E-state index contributed by atoms with van der Waals surface area (Å²) in [7, 11) is 1.64. The molecule has 0 saturated heterocycles. The number of rotatable bonds is 4. The van der Waals surface area contributed by atoms with Gasteiger partial charge in [-0.3, -0.25) is 0 Å². The first-order valence-corrected chi connectivity index (χ1v) is 7.08. The molecule has 0 saturated carbocycles. The lowest BCUT2D eigenvalue weighted by Crippen LogP contribution is -2.16. The highest BCUT2D eigenvalue weighted by molar-refractivity contribution is 5.81. The number of hydrogen-bond donors (Lipinski definition) is 2. The zero-order valence-electron chi connectivity index (χ0n) is 12.4. The van der Waals surface area contributed by atoms with E-state index in [0.29, 0.717) is 5.82 Å². The number of hydrogen-bond acceptors (Lipinski definition) is 5. The minimum atomic E-state index is -0.343. The second-order valence-electron chi connectivity index (χ2n) is 5.00. The fourth-order valence-corrected chi connectivity index (χ4v) is 2.45. The predicted molar refractivity (Wildman–Crippen MR) is 86.5 cm³/mol. The van der Waals surface area contributed by atoms with Crippen LogP contribution in [0, 0.1) is 0 Å². The molecule has 0 aliphatic rings. The number of para-hydroxylation sites is 1. The van der Waals surface area contributed by atoms with E-state index in [0.717, 1.165) is 27.9 Å². The Morgan fingerprint density at radius 3 is 2.45 bits per heavy atom. The number of nitrogens with two attached hydrogens (primary N) is 2. The van der Waals surface area contributed by atoms with Gasteiger partial charge in [-0.15, -0.1) is 0 Å². The van der Waals surface area contributed by atoms with Crippen molar-refractivity contribution in [1.29, 1.82) is 0 Å². The van der Waals surface area contributed by atoms with Gasteiger partial charge in [-0.05, 0) is 23.8 Å². The third-order valence-corrected chi connectivity index (χ3v) is 3.63. The summed E-state index contributed by atoms with van der Waals surface area (Å²) in [6.07, 6.45) is 0. The Balaban J connectivity index is 2.10. The maximum Gasteiger partial charge on any atom is 0.142 e. The molecule has 112 valence electrons. The van der Waals surface area contributed by atoms with Crippen molar-refractivity contribution >= 4 is 10.9 Å². The van der Waals surface area contributed by atoms with E-state index in [1.807, 2.05) is 48.5 Å². The second-order valence-corrected chi connectivity index (χ2v) is 5.00. The van der Waals surface area contributed by atoms with E-state index in [9.17, 15) is 0 Å². The number of fused-ring (bicyclic) bond motifs is 1. The molecule has 5 nitrogen and oxygen atoms in total. The first-order chi connectivity index (χ1) is 10.7. The van der Waals surface area contributed by atoms with E-state index in [1.54, 1.807) is 7.11 Å². The summed E-state index contributed by atoms with van der Waals surface area (Å²) >= 11 is 0. The highest BCUT2D eigenvalue weighted by Crippen LogP contribution is 2.26. The van der Waals surface area contributed by atoms with Gasteiger partial charge in [-0.25, -0.2) is 9.97 Å². The maximum absolute atomic E-state index is 6.43. The Morgan fingerprint density at radius 2 is 1.77 bits per heavy atom. The van der Waals surface area contributed by atoms with Gasteiger partial charge in [0.1, 0.15) is 11.6 Å². The number of nitrogens with zero attached hydrogens (tertiary/aromatic N) is 2. The van der Waals surface area contributed by atoms with Gasteiger partial charge in [0.2, 0.25) is 0 Å². The fraction of sp³-hybridized carbons (Fsp3) is 0.176. The molecule has 1 unspecified atom stereocenters. The zero-order chi connectivity index (χ0) is 15.5. The van der Waals surface area contributed by atoms with Gasteiger partial charge in [0.15, 0.2) is 0 Å². The van der Waals surface area contributed by atoms with Crippen LogP contribution in [0.15, 0.2) is 48.5 Å². The Kier molecular flexibility index (Phi) is 4.00. The lowest BCUT2D eigenvalue weighted by atomic mass is 10.0. The third kappa shape index (κ3) is 2.64. The van der Waals surface area contributed by atoms with E-state index < -0.39 is 0 Å². The van der Waals surface area contributed by atoms with Crippen molar-refractivity contribution in [2.45, 2.75) is 12.6 Å². The molecule has 1 atom stereocenters. The van der Waals surface area contributed by atoms with Crippen LogP contribution >= 0.6 is 0 Å². The van der Waals surface area contributed by atoms with Gasteiger partial charge >= 0.3 is 0 Å². The largest absolute Gasteiger partial charge is 0.497 e. The molecule has 0 amide bonds. The number of aromatic nitrogens is 2. The van der Waals surface area contributed by atoms with Crippen LogP contribution in [0.3, 0.4) is 0 Å². The summed E-state index contributed by atoms with van der Waals surface area (Å²) in [5, 5.41) is 0.947. The average molecular weight is 294 g/mol. The van der Waals surface area contributed by atoms with Crippen molar-refractivity contribution in [3.8, 4) is 5.75 Å². The molecule has 4 N–H and O–H groups in total. The predicted octanol–water partition coefficient (Wildman–Crippen LogP) is 2.15. The van der Waals surface area contributed by atoms with Crippen LogP contribution < -0.4 is 16.2 Å². The van der Waals surface area contributed by atoms with Crippen molar-refractivity contribution in [1.82, 2.24) is 9.97 Å². The molecule has 0 bridgehead atoms. The van der Waals surface area contributed by atoms with E-state index in [4.69, 9.17) is 16.2 Å². The van der Waals surface area contributed by atoms with Crippen LogP contribution in [-0.4, -0.2) is 17.1 Å².